The number of hydrogen-bond acceptors (Lipinski definition) is 2. The van der Waals surface area contributed by atoms with Gasteiger partial charge in [0.05, 0.1) is 0 Å². The molecule has 2 nitrogen and oxygen atoms in total. The first-order chi connectivity index (χ1) is 14.8. The molecule has 1 unspecified atom stereocenters. The highest BCUT2D eigenvalue weighted by atomic mass is 16.3. The lowest BCUT2D eigenvalue weighted by Gasteiger charge is -2.05. The summed E-state index contributed by atoms with van der Waals surface area (Å²) < 4.78 is 0. The van der Waals surface area contributed by atoms with E-state index in [1.54, 1.807) is 0 Å². The highest BCUT2D eigenvalue weighted by Gasteiger charge is 2.00. The summed E-state index contributed by atoms with van der Waals surface area (Å²) in [4.78, 5) is 10.3. The summed E-state index contributed by atoms with van der Waals surface area (Å²) in [5.41, 5.74) is 0. The summed E-state index contributed by atoms with van der Waals surface area (Å²) in [5.74, 6) is 0. The van der Waals surface area contributed by atoms with Crippen LogP contribution in [0, 0.1) is 0 Å². The third-order valence-electron chi connectivity index (χ3n) is 6.51. The third-order valence-corrected chi connectivity index (χ3v) is 6.51. The average molecular weight is 425 g/mol. The maximum Gasteiger partial charge on any atom is 0.148 e. The van der Waals surface area contributed by atoms with Gasteiger partial charge in [-0.1, -0.05) is 161 Å². The zero-order valence-electron chi connectivity index (χ0n) is 20.7. The second-order valence-corrected chi connectivity index (χ2v) is 9.62. The molecule has 0 aromatic carbocycles. The van der Waals surface area contributed by atoms with Gasteiger partial charge in [0.15, 0.2) is 0 Å². The average Bonchev–Trinajstić information content (AvgIpc) is 2.76. The Bertz CT molecular complexity index is 316. The van der Waals surface area contributed by atoms with Gasteiger partial charge in [-0.05, 0) is 6.42 Å². The molecule has 2 heteroatoms. The SMILES string of the molecule is CCCCCCCCCCCCCCCCCCCCCCCCCCC(O)C=O. The highest BCUT2D eigenvalue weighted by molar-refractivity contribution is 5.55. The molecule has 30 heavy (non-hydrogen) atoms. The van der Waals surface area contributed by atoms with E-state index in [1.165, 1.54) is 141 Å². The van der Waals surface area contributed by atoms with E-state index in [0.717, 1.165) is 12.8 Å². The van der Waals surface area contributed by atoms with Crippen LogP contribution in [0.2, 0.25) is 0 Å². The summed E-state index contributed by atoms with van der Waals surface area (Å²) in [7, 11) is 0. The van der Waals surface area contributed by atoms with Crippen molar-refractivity contribution in [3.05, 3.63) is 0 Å². The van der Waals surface area contributed by atoms with Crippen molar-refractivity contribution in [1.29, 1.82) is 0 Å². The van der Waals surface area contributed by atoms with E-state index in [4.69, 9.17) is 5.11 Å². The molecule has 0 aliphatic heterocycles. The predicted molar refractivity (Wildman–Crippen MR) is 133 cm³/mol. The van der Waals surface area contributed by atoms with Crippen LogP contribution in [0.15, 0.2) is 0 Å². The molecule has 0 bridgehead atoms. The third kappa shape index (κ3) is 25.7. The lowest BCUT2D eigenvalue weighted by molar-refractivity contribution is -0.115. The minimum atomic E-state index is -0.732. The molecule has 0 aromatic rings. The molecule has 0 amide bonds. The van der Waals surface area contributed by atoms with Gasteiger partial charge < -0.3 is 9.90 Å². The van der Waals surface area contributed by atoms with Crippen molar-refractivity contribution in [3.8, 4) is 0 Å². The molecule has 0 saturated carbocycles. The molecule has 0 rings (SSSR count). The Morgan fingerprint density at radius 3 is 0.933 bits per heavy atom. The van der Waals surface area contributed by atoms with Crippen molar-refractivity contribution in [2.24, 2.45) is 0 Å². The van der Waals surface area contributed by atoms with Gasteiger partial charge >= 0.3 is 0 Å². The standard InChI is InChI=1S/C28H56O2/c1-2-3-4-5-6-7-8-9-10-11-12-13-14-15-16-17-18-19-20-21-22-23-24-25-26-28(30)27-29/h27-28,30H,2-26H2,1H3. The lowest BCUT2D eigenvalue weighted by Crippen LogP contribution is -2.06. The number of aliphatic hydroxyl groups is 1. The molecule has 180 valence electrons. The number of aldehydes is 1. The minimum Gasteiger partial charge on any atom is -0.386 e. The molecule has 1 N–H and O–H groups in total. The monoisotopic (exact) mass is 424 g/mol. The van der Waals surface area contributed by atoms with Crippen LogP contribution in [0.4, 0.5) is 0 Å². The van der Waals surface area contributed by atoms with Crippen LogP contribution in [0.5, 0.6) is 0 Å². The predicted octanol–water partition coefficient (Wildman–Crippen LogP) is 9.32. The van der Waals surface area contributed by atoms with Crippen LogP contribution < -0.4 is 0 Å². The van der Waals surface area contributed by atoms with Gasteiger partial charge in [0.2, 0.25) is 0 Å². The maximum absolute atomic E-state index is 10.3. The molecule has 0 aliphatic carbocycles. The molecular formula is C28H56O2. The maximum atomic E-state index is 10.3. The number of carbonyl (C=O) groups is 1. The van der Waals surface area contributed by atoms with Crippen molar-refractivity contribution in [3.63, 3.8) is 0 Å². The zero-order chi connectivity index (χ0) is 22.0. The van der Waals surface area contributed by atoms with Crippen LogP contribution in [-0.4, -0.2) is 17.5 Å². The van der Waals surface area contributed by atoms with E-state index >= 15 is 0 Å². The molecular weight excluding hydrogens is 368 g/mol. The van der Waals surface area contributed by atoms with Gasteiger partial charge in [-0.2, -0.15) is 0 Å². The Balaban J connectivity index is 3.01. The first-order valence-electron chi connectivity index (χ1n) is 13.9. The van der Waals surface area contributed by atoms with E-state index < -0.39 is 6.10 Å². The summed E-state index contributed by atoms with van der Waals surface area (Å²) in [6.45, 7) is 2.29. The molecule has 0 spiro atoms. The van der Waals surface area contributed by atoms with E-state index in [1.807, 2.05) is 0 Å². The number of unbranched alkanes of at least 4 members (excludes halogenated alkanes) is 23. The summed E-state index contributed by atoms with van der Waals surface area (Å²) in [6.07, 6.45) is 34.1. The normalized spacial score (nSPS) is 12.3. The molecule has 0 saturated heterocycles. The van der Waals surface area contributed by atoms with Gasteiger partial charge in [0.1, 0.15) is 12.4 Å². The van der Waals surface area contributed by atoms with Gasteiger partial charge in [-0.15, -0.1) is 0 Å². The van der Waals surface area contributed by atoms with Gasteiger partial charge in [-0.25, -0.2) is 0 Å². The van der Waals surface area contributed by atoms with E-state index in [2.05, 4.69) is 6.92 Å². The summed E-state index contributed by atoms with van der Waals surface area (Å²) >= 11 is 0. The highest BCUT2D eigenvalue weighted by Crippen LogP contribution is 2.15. The van der Waals surface area contributed by atoms with Crippen LogP contribution in [0.3, 0.4) is 0 Å². The van der Waals surface area contributed by atoms with E-state index in [0.29, 0.717) is 12.7 Å². The summed E-state index contributed by atoms with van der Waals surface area (Å²) in [5, 5.41) is 9.17. The first kappa shape index (κ1) is 29.6. The zero-order valence-corrected chi connectivity index (χ0v) is 20.7. The Labute approximate surface area is 190 Å². The molecule has 1 atom stereocenters. The van der Waals surface area contributed by atoms with Gasteiger partial charge in [0.25, 0.3) is 0 Å². The lowest BCUT2D eigenvalue weighted by atomic mass is 10.0. The topological polar surface area (TPSA) is 37.3 Å². The molecule has 0 aromatic heterocycles. The van der Waals surface area contributed by atoms with E-state index in [9.17, 15) is 4.79 Å². The largest absolute Gasteiger partial charge is 0.386 e. The Morgan fingerprint density at radius 1 is 0.467 bits per heavy atom. The smallest absolute Gasteiger partial charge is 0.148 e. The van der Waals surface area contributed by atoms with E-state index in [-0.39, 0.29) is 0 Å². The number of hydrogen-bond donors (Lipinski definition) is 1. The minimum absolute atomic E-state index is 0.642. The molecule has 0 heterocycles. The molecule has 0 fully saturated rings. The molecule has 0 radical (unpaired) electrons. The number of carbonyl (C=O) groups excluding carboxylic acids is 1. The second-order valence-electron chi connectivity index (χ2n) is 9.62. The fraction of sp³-hybridized carbons (Fsp3) is 0.964. The quantitative estimate of drug-likeness (QED) is 0.111. The van der Waals surface area contributed by atoms with Crippen molar-refractivity contribution in [1.82, 2.24) is 0 Å². The number of aliphatic hydroxyl groups excluding tert-OH is 1. The fourth-order valence-corrected chi connectivity index (χ4v) is 4.38. The number of rotatable bonds is 26. The second kappa shape index (κ2) is 26.7. The van der Waals surface area contributed by atoms with Crippen molar-refractivity contribution >= 4 is 6.29 Å². The Kier molecular flexibility index (Phi) is 26.3. The van der Waals surface area contributed by atoms with Crippen LogP contribution >= 0.6 is 0 Å². The van der Waals surface area contributed by atoms with Gasteiger partial charge in [-0.3, -0.25) is 0 Å². The van der Waals surface area contributed by atoms with Gasteiger partial charge in [0, 0.05) is 0 Å². The van der Waals surface area contributed by atoms with Crippen LogP contribution in [0.1, 0.15) is 167 Å². The van der Waals surface area contributed by atoms with Crippen LogP contribution in [-0.2, 0) is 4.79 Å². The first-order valence-corrected chi connectivity index (χ1v) is 13.9. The summed E-state index contributed by atoms with van der Waals surface area (Å²) in [6, 6.07) is 0. The Hall–Kier alpha value is -0.370. The Morgan fingerprint density at radius 2 is 0.700 bits per heavy atom. The molecule has 0 aliphatic rings. The van der Waals surface area contributed by atoms with Crippen molar-refractivity contribution < 1.29 is 9.90 Å². The fourth-order valence-electron chi connectivity index (χ4n) is 4.38. The van der Waals surface area contributed by atoms with Crippen molar-refractivity contribution in [2.75, 3.05) is 0 Å². The van der Waals surface area contributed by atoms with Crippen molar-refractivity contribution in [2.45, 2.75) is 174 Å². The van der Waals surface area contributed by atoms with Crippen LogP contribution in [0.25, 0.3) is 0 Å².